The van der Waals surface area contributed by atoms with E-state index in [9.17, 15) is 14.4 Å². The van der Waals surface area contributed by atoms with Crippen molar-refractivity contribution in [2.24, 2.45) is 7.05 Å². The summed E-state index contributed by atoms with van der Waals surface area (Å²) in [6.45, 7) is 2.19. The van der Waals surface area contributed by atoms with E-state index in [1.54, 1.807) is 48.5 Å². The Morgan fingerprint density at radius 2 is 1.94 bits per heavy atom. The molecule has 1 aliphatic rings. The average molecular weight is 418 g/mol. The first-order chi connectivity index (χ1) is 15.1. The molecule has 8 nitrogen and oxygen atoms in total. The van der Waals surface area contributed by atoms with Gasteiger partial charge in [-0.05, 0) is 23.8 Å². The minimum Gasteiger partial charge on any atom is -0.378 e. The van der Waals surface area contributed by atoms with Gasteiger partial charge < -0.3 is 19.5 Å². The van der Waals surface area contributed by atoms with E-state index < -0.39 is 0 Å². The van der Waals surface area contributed by atoms with E-state index in [0.717, 1.165) is 17.4 Å². The van der Waals surface area contributed by atoms with Crippen LogP contribution in [0.4, 0.5) is 11.5 Å². The zero-order valence-corrected chi connectivity index (χ0v) is 17.1. The van der Waals surface area contributed by atoms with Crippen molar-refractivity contribution in [1.29, 1.82) is 0 Å². The highest BCUT2D eigenvalue weighted by atomic mass is 16.5. The molecule has 1 aliphatic heterocycles. The standard InChI is InChI=1S/C23H22N4O4/c1-26-14-18(19-5-3-2-4-17(19)15-28)12-20(23(26)30)25-21-7-6-16(13-24-21)22(29)27-8-10-31-11-9-27/h2-7,12-15H,8-11H2,1H3,(H,24,25). The van der Waals surface area contributed by atoms with Gasteiger partial charge in [0.25, 0.3) is 11.5 Å². The summed E-state index contributed by atoms with van der Waals surface area (Å²) in [4.78, 5) is 42.6. The summed E-state index contributed by atoms with van der Waals surface area (Å²) in [6.07, 6.45) is 3.98. The predicted octanol–water partition coefficient (Wildman–Crippen LogP) is 2.48. The van der Waals surface area contributed by atoms with E-state index >= 15 is 0 Å². The highest BCUT2D eigenvalue weighted by Gasteiger charge is 2.19. The molecule has 1 aromatic carbocycles. The molecule has 3 heterocycles. The number of benzene rings is 1. The number of hydrogen-bond acceptors (Lipinski definition) is 6. The van der Waals surface area contributed by atoms with Crippen molar-refractivity contribution in [2.45, 2.75) is 0 Å². The monoisotopic (exact) mass is 418 g/mol. The first kappa shape index (κ1) is 20.5. The Morgan fingerprint density at radius 3 is 2.65 bits per heavy atom. The number of anilines is 2. The molecule has 158 valence electrons. The van der Waals surface area contributed by atoms with Crippen molar-refractivity contribution in [3.8, 4) is 11.1 Å². The Hall–Kier alpha value is -3.78. The summed E-state index contributed by atoms with van der Waals surface area (Å²) in [6, 6.07) is 12.2. The van der Waals surface area contributed by atoms with Gasteiger partial charge >= 0.3 is 0 Å². The van der Waals surface area contributed by atoms with Crippen LogP contribution in [0.5, 0.6) is 0 Å². The molecule has 0 radical (unpaired) electrons. The van der Waals surface area contributed by atoms with Gasteiger partial charge in [0.1, 0.15) is 11.5 Å². The maximum absolute atomic E-state index is 12.6. The smallest absolute Gasteiger partial charge is 0.274 e. The van der Waals surface area contributed by atoms with Crippen LogP contribution in [-0.2, 0) is 11.8 Å². The Bertz CT molecular complexity index is 1160. The maximum atomic E-state index is 12.6. The molecule has 4 rings (SSSR count). The van der Waals surface area contributed by atoms with E-state index in [0.29, 0.717) is 48.9 Å². The van der Waals surface area contributed by atoms with E-state index in [4.69, 9.17) is 4.74 Å². The lowest BCUT2D eigenvalue weighted by atomic mass is 10.0. The molecular weight excluding hydrogens is 396 g/mol. The van der Waals surface area contributed by atoms with Crippen LogP contribution >= 0.6 is 0 Å². The number of amides is 1. The minimum absolute atomic E-state index is 0.0919. The number of hydrogen-bond donors (Lipinski definition) is 1. The molecule has 1 saturated heterocycles. The third-order valence-electron chi connectivity index (χ3n) is 5.15. The Labute approximate surface area is 179 Å². The molecule has 0 spiro atoms. The van der Waals surface area contributed by atoms with Gasteiger partial charge in [-0.25, -0.2) is 4.98 Å². The van der Waals surface area contributed by atoms with Gasteiger partial charge in [0.05, 0.1) is 18.8 Å². The van der Waals surface area contributed by atoms with Crippen LogP contribution in [0.25, 0.3) is 11.1 Å². The lowest BCUT2D eigenvalue weighted by Crippen LogP contribution is -2.40. The largest absolute Gasteiger partial charge is 0.378 e. The molecule has 3 aromatic rings. The number of nitrogens with one attached hydrogen (secondary N) is 1. The molecule has 1 amide bonds. The van der Waals surface area contributed by atoms with E-state index in [1.807, 2.05) is 12.1 Å². The van der Waals surface area contributed by atoms with Crippen LogP contribution in [0.15, 0.2) is 59.7 Å². The summed E-state index contributed by atoms with van der Waals surface area (Å²) in [5.41, 5.74) is 2.57. The van der Waals surface area contributed by atoms with Gasteiger partial charge in [-0.3, -0.25) is 14.4 Å². The van der Waals surface area contributed by atoms with Crippen LogP contribution in [0, 0.1) is 0 Å². The van der Waals surface area contributed by atoms with Gasteiger partial charge in [0, 0.05) is 43.7 Å². The van der Waals surface area contributed by atoms with E-state index in [-0.39, 0.29) is 11.5 Å². The molecule has 0 unspecified atom stereocenters. The fourth-order valence-corrected chi connectivity index (χ4v) is 3.49. The van der Waals surface area contributed by atoms with Crippen LogP contribution in [0.1, 0.15) is 20.7 Å². The van der Waals surface area contributed by atoms with Gasteiger partial charge in [-0.1, -0.05) is 24.3 Å². The molecule has 8 heteroatoms. The summed E-state index contributed by atoms with van der Waals surface area (Å²) >= 11 is 0. The number of carbonyl (C=O) groups is 2. The number of morpholine rings is 1. The first-order valence-electron chi connectivity index (χ1n) is 9.92. The number of ether oxygens (including phenoxy) is 1. The predicted molar refractivity (Wildman–Crippen MR) is 117 cm³/mol. The Kier molecular flexibility index (Phi) is 5.90. The number of nitrogens with zero attached hydrogens (tertiary/aromatic N) is 3. The van der Waals surface area contributed by atoms with Crippen molar-refractivity contribution in [1.82, 2.24) is 14.5 Å². The summed E-state index contributed by atoms with van der Waals surface area (Å²) < 4.78 is 6.73. The molecule has 0 aliphatic carbocycles. The lowest BCUT2D eigenvalue weighted by Gasteiger charge is -2.26. The second-order valence-corrected chi connectivity index (χ2v) is 7.23. The molecule has 0 saturated carbocycles. The lowest BCUT2D eigenvalue weighted by molar-refractivity contribution is 0.0302. The highest BCUT2D eigenvalue weighted by Crippen LogP contribution is 2.24. The van der Waals surface area contributed by atoms with Crippen molar-refractivity contribution in [2.75, 3.05) is 31.6 Å². The number of pyridine rings is 2. The van der Waals surface area contributed by atoms with E-state index in [2.05, 4.69) is 10.3 Å². The van der Waals surface area contributed by atoms with E-state index in [1.165, 1.54) is 10.8 Å². The maximum Gasteiger partial charge on any atom is 0.274 e. The second kappa shape index (κ2) is 8.93. The second-order valence-electron chi connectivity index (χ2n) is 7.23. The van der Waals surface area contributed by atoms with Crippen molar-refractivity contribution < 1.29 is 14.3 Å². The van der Waals surface area contributed by atoms with Gasteiger partial charge in [-0.2, -0.15) is 0 Å². The summed E-state index contributed by atoms with van der Waals surface area (Å²) in [7, 11) is 1.65. The molecule has 0 atom stereocenters. The molecule has 31 heavy (non-hydrogen) atoms. The number of aromatic nitrogens is 2. The normalized spacial score (nSPS) is 13.6. The SMILES string of the molecule is Cn1cc(-c2ccccc2C=O)cc(Nc2ccc(C(=O)N3CCOCC3)cn2)c1=O. The molecular formula is C23H22N4O4. The third kappa shape index (κ3) is 4.39. The van der Waals surface area contributed by atoms with Crippen molar-refractivity contribution in [3.05, 3.63) is 76.3 Å². The third-order valence-corrected chi connectivity index (χ3v) is 5.15. The number of rotatable bonds is 5. The van der Waals surface area contributed by atoms with Gasteiger partial charge in [-0.15, -0.1) is 0 Å². The van der Waals surface area contributed by atoms with Crippen LogP contribution in [0.3, 0.4) is 0 Å². The number of carbonyl (C=O) groups excluding carboxylic acids is 2. The molecule has 1 fully saturated rings. The van der Waals surface area contributed by atoms with Crippen LogP contribution < -0.4 is 10.9 Å². The number of aryl methyl sites for hydroxylation is 1. The van der Waals surface area contributed by atoms with Gasteiger partial charge in [0.2, 0.25) is 0 Å². The number of aldehydes is 1. The minimum atomic E-state index is -0.234. The average Bonchev–Trinajstić information content (AvgIpc) is 2.82. The fourth-order valence-electron chi connectivity index (χ4n) is 3.49. The van der Waals surface area contributed by atoms with Crippen molar-refractivity contribution >= 4 is 23.7 Å². The highest BCUT2D eigenvalue weighted by molar-refractivity contribution is 5.94. The summed E-state index contributed by atoms with van der Waals surface area (Å²) in [5.74, 6) is 0.349. The molecule has 1 N–H and O–H groups in total. The molecule has 2 aromatic heterocycles. The topological polar surface area (TPSA) is 93.5 Å². The summed E-state index contributed by atoms with van der Waals surface area (Å²) in [5, 5.41) is 3.03. The zero-order chi connectivity index (χ0) is 21.8. The van der Waals surface area contributed by atoms with Gasteiger partial charge in [0.15, 0.2) is 6.29 Å². The Morgan fingerprint density at radius 1 is 1.16 bits per heavy atom. The zero-order valence-electron chi connectivity index (χ0n) is 17.1. The van der Waals surface area contributed by atoms with Crippen LogP contribution in [0.2, 0.25) is 0 Å². The quantitative estimate of drug-likeness (QED) is 0.640. The molecule has 0 bridgehead atoms. The van der Waals surface area contributed by atoms with Crippen molar-refractivity contribution in [3.63, 3.8) is 0 Å². The first-order valence-corrected chi connectivity index (χ1v) is 9.92. The van der Waals surface area contributed by atoms with Crippen LogP contribution in [-0.4, -0.2) is 52.9 Å². The fraction of sp³-hybridized carbons (Fsp3) is 0.217. The Balaban J connectivity index is 1.59.